The Bertz CT molecular complexity index is 1120. The van der Waals surface area contributed by atoms with E-state index in [0.717, 1.165) is 9.87 Å². The molecule has 0 unspecified atom stereocenters. The molecule has 1 atom stereocenters. The van der Waals surface area contributed by atoms with Crippen molar-refractivity contribution in [2.75, 3.05) is 20.9 Å². The summed E-state index contributed by atoms with van der Waals surface area (Å²) in [5, 5.41) is 0. The molecule has 9 heteroatoms. The maximum atomic E-state index is 13.0. The van der Waals surface area contributed by atoms with Crippen LogP contribution in [0.25, 0.3) is 0 Å². The quantitative estimate of drug-likeness (QED) is 0.774. The molecule has 0 bridgehead atoms. The number of carbonyl (C=O) groups is 1. The van der Waals surface area contributed by atoms with Gasteiger partial charge in [-0.25, -0.2) is 21.1 Å². The van der Waals surface area contributed by atoms with Crippen molar-refractivity contribution in [2.24, 2.45) is 5.92 Å². The lowest BCUT2D eigenvalue weighted by Gasteiger charge is -2.20. The fraction of sp³-hybridized carbons (Fsp3) is 0.278. The predicted molar refractivity (Wildman–Crippen MR) is 102 cm³/mol. The molecule has 2 aromatic carbocycles. The molecule has 1 saturated heterocycles. The van der Waals surface area contributed by atoms with Gasteiger partial charge < -0.3 is 0 Å². The topological polar surface area (TPSA) is 91.8 Å². The zero-order valence-electron chi connectivity index (χ0n) is 14.6. The fourth-order valence-corrected chi connectivity index (χ4v) is 6.85. The van der Waals surface area contributed by atoms with Crippen molar-refractivity contribution in [1.29, 1.82) is 0 Å². The molecule has 0 N–H and O–H groups in total. The van der Waals surface area contributed by atoms with E-state index in [-0.39, 0.29) is 16.3 Å². The fourth-order valence-electron chi connectivity index (χ4n) is 3.53. The van der Waals surface area contributed by atoms with E-state index in [0.29, 0.717) is 18.7 Å². The molecule has 2 aliphatic rings. The minimum absolute atomic E-state index is 0.0556. The van der Waals surface area contributed by atoms with Crippen LogP contribution in [0.2, 0.25) is 0 Å². The van der Waals surface area contributed by atoms with E-state index in [4.69, 9.17) is 0 Å². The lowest BCUT2D eigenvalue weighted by Crippen LogP contribution is -2.31. The zero-order chi connectivity index (χ0) is 19.4. The highest BCUT2D eigenvalue weighted by Gasteiger charge is 2.42. The van der Waals surface area contributed by atoms with Crippen molar-refractivity contribution < 1.29 is 21.6 Å². The zero-order valence-corrected chi connectivity index (χ0v) is 16.2. The van der Waals surface area contributed by atoms with Gasteiger partial charge in [0.15, 0.2) is 0 Å². The number of benzene rings is 2. The van der Waals surface area contributed by atoms with Gasteiger partial charge in [0.1, 0.15) is 0 Å². The summed E-state index contributed by atoms with van der Waals surface area (Å²) < 4.78 is 52.5. The second-order valence-corrected chi connectivity index (χ2v) is 10.5. The van der Waals surface area contributed by atoms with Crippen molar-refractivity contribution in [3.63, 3.8) is 0 Å². The molecule has 0 radical (unpaired) electrons. The Morgan fingerprint density at radius 2 is 1.70 bits per heavy atom. The maximum Gasteiger partial charge on any atom is 0.264 e. The lowest BCUT2D eigenvalue weighted by molar-refractivity contribution is -0.119. The van der Waals surface area contributed by atoms with E-state index in [9.17, 15) is 21.6 Å². The summed E-state index contributed by atoms with van der Waals surface area (Å²) in [6, 6.07) is 12.8. The molecule has 0 aromatic heterocycles. The lowest BCUT2D eigenvalue weighted by atomic mass is 10.2. The van der Waals surface area contributed by atoms with E-state index in [1.165, 1.54) is 28.6 Å². The Hall–Kier alpha value is -2.39. The van der Waals surface area contributed by atoms with Gasteiger partial charge in [-0.1, -0.05) is 25.1 Å². The average Bonchev–Trinajstić information content (AvgIpc) is 3.14. The highest BCUT2D eigenvalue weighted by molar-refractivity contribution is 7.94. The molecular weight excluding hydrogens is 388 g/mol. The first kappa shape index (κ1) is 18.0. The van der Waals surface area contributed by atoms with Gasteiger partial charge >= 0.3 is 0 Å². The number of hydrogen-bond donors (Lipinski definition) is 0. The van der Waals surface area contributed by atoms with E-state index in [1.54, 1.807) is 19.1 Å². The number of carbonyl (C=O) groups excluding carboxylic acids is 1. The van der Waals surface area contributed by atoms with E-state index in [1.807, 2.05) is 12.1 Å². The van der Waals surface area contributed by atoms with Gasteiger partial charge in [-0.3, -0.25) is 9.10 Å². The molecular formula is C18H18N2O5S2. The van der Waals surface area contributed by atoms with Gasteiger partial charge in [0.25, 0.3) is 10.0 Å². The Kier molecular flexibility index (Phi) is 4.04. The minimum Gasteiger partial charge on any atom is -0.273 e. The highest BCUT2D eigenvalue weighted by atomic mass is 32.2. The molecule has 4 rings (SSSR count). The average molecular weight is 406 g/mol. The van der Waals surface area contributed by atoms with Crippen LogP contribution in [0.4, 0.5) is 11.4 Å². The Morgan fingerprint density at radius 1 is 1.04 bits per heavy atom. The smallest absolute Gasteiger partial charge is 0.264 e. The summed E-state index contributed by atoms with van der Waals surface area (Å²) in [5.74, 6) is -1.35. The third-order valence-corrected chi connectivity index (χ3v) is 8.56. The van der Waals surface area contributed by atoms with Crippen molar-refractivity contribution in [1.82, 2.24) is 0 Å². The Labute approximate surface area is 158 Å². The molecule has 0 aliphatic carbocycles. The SMILES string of the molecule is C[C@@H]1CS(=O)(=O)N(c2ccc(S(=O)(=O)N3CCc4ccccc43)cc2)C1=O. The molecule has 1 fully saturated rings. The van der Waals surface area contributed by atoms with Crippen LogP contribution >= 0.6 is 0 Å². The monoisotopic (exact) mass is 406 g/mol. The number of fused-ring (bicyclic) bond motifs is 1. The van der Waals surface area contributed by atoms with Crippen LogP contribution in [0, 0.1) is 5.92 Å². The second-order valence-electron chi connectivity index (χ2n) is 6.73. The van der Waals surface area contributed by atoms with E-state index in [2.05, 4.69) is 0 Å². The van der Waals surface area contributed by atoms with Gasteiger partial charge in [0, 0.05) is 6.54 Å². The first-order valence-electron chi connectivity index (χ1n) is 8.49. The van der Waals surface area contributed by atoms with Gasteiger partial charge in [-0.2, -0.15) is 0 Å². The van der Waals surface area contributed by atoms with Gasteiger partial charge in [0.05, 0.1) is 27.9 Å². The third-order valence-electron chi connectivity index (χ3n) is 4.86. The molecule has 2 heterocycles. The summed E-state index contributed by atoms with van der Waals surface area (Å²) in [4.78, 5) is 12.2. The number of anilines is 2. The van der Waals surface area contributed by atoms with E-state index >= 15 is 0 Å². The number of para-hydroxylation sites is 1. The van der Waals surface area contributed by atoms with Gasteiger partial charge in [0.2, 0.25) is 15.9 Å². The standard InChI is InChI=1S/C18H18N2O5S2/c1-13-12-26(22,23)20(18(13)21)15-6-8-16(9-7-15)27(24,25)19-11-10-14-4-2-3-5-17(14)19/h2-9,13H,10-12H2,1H3/t13-/m1/s1. The molecule has 7 nitrogen and oxygen atoms in total. The normalized spacial score (nSPS) is 21.5. The minimum atomic E-state index is -3.76. The second kappa shape index (κ2) is 6.07. The Balaban J connectivity index is 1.68. The van der Waals surface area contributed by atoms with Crippen molar-refractivity contribution in [2.45, 2.75) is 18.2 Å². The van der Waals surface area contributed by atoms with Crippen molar-refractivity contribution >= 4 is 37.3 Å². The number of amides is 1. The number of rotatable bonds is 3. The van der Waals surface area contributed by atoms with Crippen LogP contribution in [0.5, 0.6) is 0 Å². The molecule has 2 aliphatic heterocycles. The number of hydrogen-bond acceptors (Lipinski definition) is 5. The first-order chi connectivity index (χ1) is 12.7. The summed E-state index contributed by atoms with van der Waals surface area (Å²) in [6.07, 6.45) is 0.645. The molecule has 0 spiro atoms. The molecule has 2 aromatic rings. The molecule has 0 saturated carbocycles. The highest BCUT2D eigenvalue weighted by Crippen LogP contribution is 2.34. The van der Waals surface area contributed by atoms with Crippen LogP contribution in [0.1, 0.15) is 12.5 Å². The molecule has 27 heavy (non-hydrogen) atoms. The largest absolute Gasteiger partial charge is 0.273 e. The summed E-state index contributed by atoms with van der Waals surface area (Å²) >= 11 is 0. The summed E-state index contributed by atoms with van der Waals surface area (Å²) in [6.45, 7) is 1.92. The predicted octanol–water partition coefficient (Wildman–Crippen LogP) is 1.75. The van der Waals surface area contributed by atoms with Crippen molar-refractivity contribution in [3.05, 3.63) is 54.1 Å². The molecule has 142 valence electrons. The van der Waals surface area contributed by atoms with Crippen LogP contribution < -0.4 is 8.61 Å². The first-order valence-corrected chi connectivity index (χ1v) is 11.5. The van der Waals surface area contributed by atoms with Crippen LogP contribution in [0.3, 0.4) is 0 Å². The Morgan fingerprint density at radius 3 is 2.33 bits per heavy atom. The van der Waals surface area contributed by atoms with Gasteiger partial charge in [-0.15, -0.1) is 0 Å². The molecule has 1 amide bonds. The summed E-state index contributed by atoms with van der Waals surface area (Å²) in [5.41, 5.74) is 1.79. The summed E-state index contributed by atoms with van der Waals surface area (Å²) in [7, 11) is -7.48. The van der Waals surface area contributed by atoms with Crippen LogP contribution in [-0.4, -0.2) is 35.0 Å². The number of sulfonamides is 2. The van der Waals surface area contributed by atoms with Crippen molar-refractivity contribution in [3.8, 4) is 0 Å². The number of nitrogens with zero attached hydrogens (tertiary/aromatic N) is 2. The maximum absolute atomic E-state index is 13.0. The van der Waals surface area contributed by atoms with Crippen LogP contribution in [-0.2, 0) is 31.3 Å². The van der Waals surface area contributed by atoms with E-state index < -0.39 is 31.9 Å². The van der Waals surface area contributed by atoms with Crippen LogP contribution in [0.15, 0.2) is 53.4 Å². The third kappa shape index (κ3) is 2.81. The van der Waals surface area contributed by atoms with Gasteiger partial charge in [-0.05, 0) is 42.3 Å².